The molecule has 0 aliphatic heterocycles. The van der Waals surface area contributed by atoms with Gasteiger partial charge >= 0.3 is 0 Å². The molecular weight excluding hydrogens is 292 g/mol. The van der Waals surface area contributed by atoms with Gasteiger partial charge in [0.25, 0.3) is 0 Å². The molecule has 21 heavy (non-hydrogen) atoms. The van der Waals surface area contributed by atoms with Gasteiger partial charge in [0, 0.05) is 11.6 Å². The first-order valence-electron chi connectivity index (χ1n) is 6.20. The van der Waals surface area contributed by atoms with Gasteiger partial charge in [0.1, 0.15) is 11.3 Å². The van der Waals surface area contributed by atoms with E-state index in [-0.39, 0.29) is 28.3 Å². The van der Waals surface area contributed by atoms with Crippen LogP contribution in [0.2, 0.25) is 5.02 Å². The summed E-state index contributed by atoms with van der Waals surface area (Å²) in [6.45, 7) is 0. The largest absolute Gasteiger partial charge is 0.508 e. The highest BCUT2D eigenvalue weighted by Crippen LogP contribution is 2.35. The molecule has 1 heterocycles. The van der Waals surface area contributed by atoms with Gasteiger partial charge in [-0.25, -0.2) is 0 Å². The van der Waals surface area contributed by atoms with E-state index in [0.717, 1.165) is 0 Å². The van der Waals surface area contributed by atoms with Crippen LogP contribution in [0.1, 0.15) is 0 Å². The second-order valence-corrected chi connectivity index (χ2v) is 4.86. The fourth-order valence-corrected chi connectivity index (χ4v) is 2.39. The number of ether oxygens (including phenoxy) is 1. The number of hydrogen-bond acceptors (Lipinski definition) is 4. The monoisotopic (exact) mass is 302 g/mol. The molecule has 0 bridgehead atoms. The number of phenols is 1. The number of fused-ring (bicyclic) bond motifs is 1. The Morgan fingerprint density at radius 2 is 1.95 bits per heavy atom. The van der Waals surface area contributed by atoms with Crippen LogP contribution < -0.4 is 10.2 Å². The summed E-state index contributed by atoms with van der Waals surface area (Å²) in [4.78, 5) is 12.5. The smallest absolute Gasteiger partial charge is 0.235 e. The first kappa shape index (κ1) is 13.5. The quantitative estimate of drug-likeness (QED) is 0.781. The molecule has 2 aromatic carbocycles. The van der Waals surface area contributed by atoms with Crippen molar-refractivity contribution in [2.75, 3.05) is 7.11 Å². The summed E-state index contributed by atoms with van der Waals surface area (Å²) < 4.78 is 10.9. The molecule has 1 N–H and O–H groups in total. The van der Waals surface area contributed by atoms with Crippen LogP contribution >= 0.6 is 11.6 Å². The van der Waals surface area contributed by atoms with E-state index in [2.05, 4.69) is 0 Å². The molecule has 0 atom stereocenters. The zero-order chi connectivity index (χ0) is 15.0. The topological polar surface area (TPSA) is 59.7 Å². The van der Waals surface area contributed by atoms with E-state index in [1.165, 1.54) is 25.3 Å². The van der Waals surface area contributed by atoms with E-state index in [4.69, 9.17) is 20.8 Å². The maximum Gasteiger partial charge on any atom is 0.235 e. The maximum atomic E-state index is 12.5. The standard InChI is InChI=1S/C16H11ClO4/c1-20-16-14(19)11-7-6-9(18)8-13(11)21-15(16)10-4-2-3-5-12(10)17/h2-8,18H,1H3. The fraction of sp³-hybridized carbons (Fsp3) is 0.0625. The highest BCUT2D eigenvalue weighted by Gasteiger charge is 2.18. The minimum absolute atomic E-state index is 0.0147. The summed E-state index contributed by atoms with van der Waals surface area (Å²) in [5, 5.41) is 10.3. The summed E-state index contributed by atoms with van der Waals surface area (Å²) in [7, 11) is 1.40. The van der Waals surface area contributed by atoms with Crippen LogP contribution in [-0.4, -0.2) is 12.2 Å². The number of halogens is 1. The summed E-state index contributed by atoms with van der Waals surface area (Å²) in [6.07, 6.45) is 0. The molecule has 3 aromatic rings. The van der Waals surface area contributed by atoms with Gasteiger partial charge in [0.15, 0.2) is 5.76 Å². The zero-order valence-corrected chi connectivity index (χ0v) is 11.8. The summed E-state index contributed by atoms with van der Waals surface area (Å²) in [5.41, 5.74) is 0.516. The lowest BCUT2D eigenvalue weighted by molar-refractivity contribution is 0.398. The molecule has 0 saturated carbocycles. The second-order valence-electron chi connectivity index (χ2n) is 4.45. The third-order valence-corrected chi connectivity index (χ3v) is 3.49. The lowest BCUT2D eigenvalue weighted by atomic mass is 10.1. The highest BCUT2D eigenvalue weighted by atomic mass is 35.5. The Kier molecular flexibility index (Phi) is 3.31. The molecule has 106 valence electrons. The molecule has 0 saturated heterocycles. The van der Waals surface area contributed by atoms with Crippen molar-refractivity contribution < 1.29 is 14.3 Å². The molecule has 0 fully saturated rings. The van der Waals surface area contributed by atoms with Gasteiger partial charge in [-0.05, 0) is 24.3 Å². The van der Waals surface area contributed by atoms with Gasteiger partial charge < -0.3 is 14.3 Å². The van der Waals surface area contributed by atoms with Crippen molar-refractivity contribution in [1.82, 2.24) is 0 Å². The van der Waals surface area contributed by atoms with E-state index < -0.39 is 0 Å². The molecule has 5 heteroatoms. The average Bonchev–Trinajstić information content (AvgIpc) is 2.47. The van der Waals surface area contributed by atoms with E-state index >= 15 is 0 Å². The zero-order valence-electron chi connectivity index (χ0n) is 11.1. The Balaban J connectivity index is 2.42. The van der Waals surface area contributed by atoms with Crippen molar-refractivity contribution in [2.45, 2.75) is 0 Å². The summed E-state index contributed by atoms with van der Waals surface area (Å²) in [6, 6.07) is 11.3. The summed E-state index contributed by atoms with van der Waals surface area (Å²) in [5.74, 6) is 0.341. The van der Waals surface area contributed by atoms with Gasteiger partial charge in [0.2, 0.25) is 11.2 Å². The highest BCUT2D eigenvalue weighted by molar-refractivity contribution is 6.33. The lowest BCUT2D eigenvalue weighted by Gasteiger charge is -2.10. The van der Waals surface area contributed by atoms with E-state index in [0.29, 0.717) is 16.0 Å². The minimum atomic E-state index is -0.311. The third-order valence-electron chi connectivity index (χ3n) is 3.16. The average molecular weight is 303 g/mol. The Morgan fingerprint density at radius 1 is 1.19 bits per heavy atom. The predicted molar refractivity (Wildman–Crippen MR) is 81.1 cm³/mol. The van der Waals surface area contributed by atoms with Crippen molar-refractivity contribution in [2.24, 2.45) is 0 Å². The molecule has 0 aliphatic rings. The first-order chi connectivity index (χ1) is 10.1. The lowest BCUT2D eigenvalue weighted by Crippen LogP contribution is -2.07. The molecule has 1 aromatic heterocycles. The molecule has 0 amide bonds. The van der Waals surface area contributed by atoms with E-state index in [9.17, 15) is 9.90 Å². The minimum Gasteiger partial charge on any atom is -0.508 e. The van der Waals surface area contributed by atoms with Gasteiger partial charge in [-0.1, -0.05) is 23.7 Å². The van der Waals surface area contributed by atoms with Crippen molar-refractivity contribution in [1.29, 1.82) is 0 Å². The van der Waals surface area contributed by atoms with Gasteiger partial charge in [-0.3, -0.25) is 4.79 Å². The van der Waals surface area contributed by atoms with Crippen LogP contribution in [0, 0.1) is 0 Å². The summed E-state index contributed by atoms with van der Waals surface area (Å²) >= 11 is 6.16. The van der Waals surface area contributed by atoms with Crippen LogP contribution in [0.4, 0.5) is 0 Å². The fourth-order valence-electron chi connectivity index (χ4n) is 2.17. The van der Waals surface area contributed by atoms with E-state index in [1.807, 2.05) is 0 Å². The molecule has 0 aliphatic carbocycles. The Hall–Kier alpha value is -2.46. The normalized spacial score (nSPS) is 10.8. The van der Waals surface area contributed by atoms with E-state index in [1.54, 1.807) is 24.3 Å². The van der Waals surface area contributed by atoms with Gasteiger partial charge in [-0.2, -0.15) is 0 Å². The van der Waals surface area contributed by atoms with Crippen molar-refractivity contribution in [3.05, 3.63) is 57.7 Å². The molecule has 3 rings (SSSR count). The van der Waals surface area contributed by atoms with Crippen LogP contribution in [-0.2, 0) is 0 Å². The number of phenolic OH excluding ortho intramolecular Hbond substituents is 1. The Morgan fingerprint density at radius 3 is 2.67 bits per heavy atom. The number of hydrogen-bond donors (Lipinski definition) is 1. The molecule has 4 nitrogen and oxygen atoms in total. The van der Waals surface area contributed by atoms with Crippen LogP contribution in [0.15, 0.2) is 51.7 Å². The SMILES string of the molecule is COc1c(-c2ccccc2Cl)oc2cc(O)ccc2c1=O. The molecule has 0 unspecified atom stereocenters. The van der Waals surface area contributed by atoms with Crippen molar-refractivity contribution >= 4 is 22.6 Å². The van der Waals surface area contributed by atoms with Crippen molar-refractivity contribution in [3.8, 4) is 22.8 Å². The Bertz CT molecular complexity index is 883. The number of methoxy groups -OCH3 is 1. The maximum absolute atomic E-state index is 12.5. The number of rotatable bonds is 2. The van der Waals surface area contributed by atoms with Crippen LogP contribution in [0.5, 0.6) is 11.5 Å². The number of aromatic hydroxyl groups is 1. The molecular formula is C16H11ClO4. The van der Waals surface area contributed by atoms with Gasteiger partial charge in [0.05, 0.1) is 17.5 Å². The van der Waals surface area contributed by atoms with Crippen LogP contribution in [0.3, 0.4) is 0 Å². The first-order valence-corrected chi connectivity index (χ1v) is 6.58. The van der Waals surface area contributed by atoms with Gasteiger partial charge in [-0.15, -0.1) is 0 Å². The molecule has 0 radical (unpaired) electrons. The van der Waals surface area contributed by atoms with Crippen LogP contribution in [0.25, 0.3) is 22.3 Å². The number of benzene rings is 2. The predicted octanol–water partition coefficient (Wildman–Crippen LogP) is 3.83. The molecule has 0 spiro atoms. The second kappa shape index (κ2) is 5.14. The van der Waals surface area contributed by atoms with Crippen molar-refractivity contribution in [3.63, 3.8) is 0 Å². The Labute approximate surface area is 125 Å². The third kappa shape index (κ3) is 2.23.